The molecular weight excluding hydrogens is 216 g/mol. The highest BCUT2D eigenvalue weighted by molar-refractivity contribution is 7.99. The maximum absolute atomic E-state index is 11.5. The van der Waals surface area contributed by atoms with E-state index in [0.29, 0.717) is 13.1 Å². The van der Waals surface area contributed by atoms with Gasteiger partial charge in [-0.05, 0) is 0 Å². The first-order valence-corrected chi connectivity index (χ1v) is 5.98. The molecular formula is C8H16N4O2S. The molecule has 0 spiro atoms. The van der Waals surface area contributed by atoms with Crippen LogP contribution in [-0.4, -0.2) is 49.1 Å². The smallest absolute Gasteiger partial charge is 0.312 e. The molecule has 1 aliphatic rings. The number of thioether (sulfide) groups is 1. The lowest BCUT2D eigenvalue weighted by molar-refractivity contribution is -0.122. The maximum atomic E-state index is 11.5. The fraction of sp³-hybridized carbons (Fsp3) is 0.750. The molecule has 7 heteroatoms. The molecule has 86 valence electrons. The van der Waals surface area contributed by atoms with Gasteiger partial charge in [0, 0.05) is 31.1 Å². The highest BCUT2D eigenvalue weighted by atomic mass is 32.2. The minimum atomic E-state index is -0.574. The van der Waals surface area contributed by atoms with Crippen molar-refractivity contribution in [2.45, 2.75) is 6.04 Å². The van der Waals surface area contributed by atoms with Crippen molar-refractivity contribution in [3.63, 3.8) is 0 Å². The van der Waals surface area contributed by atoms with Crippen molar-refractivity contribution in [3.05, 3.63) is 0 Å². The number of amides is 3. The molecule has 5 N–H and O–H groups in total. The number of carbonyl (C=O) groups is 2. The molecule has 0 aromatic rings. The van der Waals surface area contributed by atoms with Crippen LogP contribution in [0.15, 0.2) is 0 Å². The Labute approximate surface area is 92.7 Å². The maximum Gasteiger partial charge on any atom is 0.312 e. The highest BCUT2D eigenvalue weighted by Crippen LogP contribution is 2.07. The van der Waals surface area contributed by atoms with Crippen LogP contribution >= 0.6 is 11.8 Å². The number of urea groups is 1. The van der Waals surface area contributed by atoms with Gasteiger partial charge in [-0.2, -0.15) is 11.8 Å². The van der Waals surface area contributed by atoms with E-state index in [1.54, 1.807) is 11.8 Å². The Morgan fingerprint density at radius 3 is 2.73 bits per heavy atom. The van der Waals surface area contributed by atoms with Crippen molar-refractivity contribution in [3.8, 4) is 0 Å². The molecule has 1 aliphatic heterocycles. The summed E-state index contributed by atoms with van der Waals surface area (Å²) in [4.78, 5) is 21.8. The number of primary amides is 1. The summed E-state index contributed by atoms with van der Waals surface area (Å²) in [6.07, 6.45) is 0. The summed E-state index contributed by atoms with van der Waals surface area (Å²) in [6, 6.07) is -0.687. The summed E-state index contributed by atoms with van der Waals surface area (Å²) >= 11 is 1.76. The number of hydrogen-bond acceptors (Lipinski definition) is 4. The number of hydrogen-bond donors (Lipinski definition) is 4. The van der Waals surface area contributed by atoms with E-state index in [0.717, 1.165) is 18.1 Å². The van der Waals surface area contributed by atoms with E-state index < -0.39 is 6.03 Å². The zero-order valence-electron chi connectivity index (χ0n) is 8.41. The van der Waals surface area contributed by atoms with Gasteiger partial charge in [0.1, 0.15) is 0 Å². The van der Waals surface area contributed by atoms with Crippen LogP contribution in [-0.2, 0) is 4.79 Å². The molecule has 0 radical (unpaired) electrons. The molecule has 1 unspecified atom stereocenters. The molecule has 15 heavy (non-hydrogen) atoms. The van der Waals surface area contributed by atoms with Gasteiger partial charge in [-0.25, -0.2) is 4.79 Å². The second-order valence-corrected chi connectivity index (χ2v) is 4.31. The van der Waals surface area contributed by atoms with Crippen LogP contribution in [0.5, 0.6) is 0 Å². The lowest BCUT2D eigenvalue weighted by atomic mass is 10.3. The molecule has 6 nitrogen and oxygen atoms in total. The second kappa shape index (κ2) is 6.52. The van der Waals surface area contributed by atoms with Crippen molar-refractivity contribution in [1.29, 1.82) is 0 Å². The van der Waals surface area contributed by atoms with Crippen LogP contribution in [0.4, 0.5) is 4.79 Å². The van der Waals surface area contributed by atoms with Gasteiger partial charge in [0.05, 0.1) is 6.04 Å². The normalized spacial score (nSPS) is 20.7. The van der Waals surface area contributed by atoms with E-state index in [4.69, 9.17) is 5.73 Å². The largest absolute Gasteiger partial charge is 0.353 e. The minimum absolute atomic E-state index is 0.0199. The van der Waals surface area contributed by atoms with E-state index in [-0.39, 0.29) is 11.9 Å². The lowest BCUT2D eigenvalue weighted by Gasteiger charge is -2.22. The lowest BCUT2D eigenvalue weighted by Crippen LogP contribution is -2.50. The van der Waals surface area contributed by atoms with Gasteiger partial charge in [-0.15, -0.1) is 0 Å². The molecule has 1 atom stereocenters. The van der Waals surface area contributed by atoms with Crippen molar-refractivity contribution in [1.82, 2.24) is 16.0 Å². The van der Waals surface area contributed by atoms with Gasteiger partial charge >= 0.3 is 6.03 Å². The predicted octanol–water partition coefficient (Wildman–Crippen LogP) is -1.52. The Kier molecular flexibility index (Phi) is 5.27. The predicted molar refractivity (Wildman–Crippen MR) is 59.7 cm³/mol. The van der Waals surface area contributed by atoms with Crippen molar-refractivity contribution in [2.24, 2.45) is 5.73 Å². The molecule has 0 aliphatic carbocycles. The molecule has 1 rings (SSSR count). The topological polar surface area (TPSA) is 96.2 Å². The van der Waals surface area contributed by atoms with E-state index in [1.807, 2.05) is 0 Å². The summed E-state index contributed by atoms with van der Waals surface area (Å²) in [7, 11) is 0. The van der Waals surface area contributed by atoms with Gasteiger partial charge in [-0.1, -0.05) is 0 Å². The van der Waals surface area contributed by atoms with Crippen LogP contribution in [0.2, 0.25) is 0 Å². The molecule has 0 bridgehead atoms. The average Bonchev–Trinajstić information content (AvgIpc) is 2.25. The molecule has 0 aromatic carbocycles. The van der Waals surface area contributed by atoms with E-state index >= 15 is 0 Å². The quantitative estimate of drug-likeness (QED) is 0.442. The molecule has 3 amide bonds. The third kappa shape index (κ3) is 4.89. The summed E-state index contributed by atoms with van der Waals surface area (Å²) in [6.45, 7) is 1.63. The monoisotopic (exact) mass is 232 g/mol. The van der Waals surface area contributed by atoms with Crippen molar-refractivity contribution < 1.29 is 9.59 Å². The van der Waals surface area contributed by atoms with Gasteiger partial charge in [0.25, 0.3) is 0 Å². The number of rotatable bonds is 4. The number of carbonyl (C=O) groups excluding carboxylic acids is 2. The van der Waals surface area contributed by atoms with Crippen LogP contribution in [0, 0.1) is 0 Å². The molecule has 0 aromatic heterocycles. The van der Waals surface area contributed by atoms with Crippen LogP contribution < -0.4 is 21.7 Å². The average molecular weight is 232 g/mol. The first-order chi connectivity index (χ1) is 7.20. The Balaban J connectivity index is 2.09. The van der Waals surface area contributed by atoms with Gasteiger partial charge in [-0.3, -0.25) is 4.79 Å². The summed E-state index contributed by atoms with van der Waals surface area (Å²) in [5, 5.41) is 8.25. The molecule has 0 saturated carbocycles. The zero-order valence-corrected chi connectivity index (χ0v) is 9.23. The van der Waals surface area contributed by atoms with Crippen molar-refractivity contribution in [2.75, 3.05) is 31.1 Å². The van der Waals surface area contributed by atoms with Gasteiger partial charge in [0.2, 0.25) is 5.91 Å². The fourth-order valence-corrected chi connectivity index (χ4v) is 2.16. The Morgan fingerprint density at radius 2 is 2.13 bits per heavy atom. The van der Waals surface area contributed by atoms with E-state index in [2.05, 4.69) is 16.0 Å². The minimum Gasteiger partial charge on any atom is -0.353 e. The van der Waals surface area contributed by atoms with E-state index in [1.165, 1.54) is 0 Å². The van der Waals surface area contributed by atoms with Crippen LogP contribution in [0.1, 0.15) is 0 Å². The molecule has 1 fully saturated rings. The fourth-order valence-electron chi connectivity index (χ4n) is 1.23. The molecule has 1 saturated heterocycles. The van der Waals surface area contributed by atoms with Crippen LogP contribution in [0.3, 0.4) is 0 Å². The molecule has 1 heterocycles. The van der Waals surface area contributed by atoms with E-state index in [9.17, 15) is 9.59 Å². The number of nitrogens with two attached hydrogens (primary N) is 1. The Bertz CT molecular complexity index is 231. The first kappa shape index (κ1) is 12.1. The Hall–Kier alpha value is -0.950. The summed E-state index contributed by atoms with van der Waals surface area (Å²) in [5.74, 6) is 1.83. The zero-order chi connectivity index (χ0) is 11.1. The third-order valence-corrected chi connectivity index (χ3v) is 3.02. The van der Waals surface area contributed by atoms with Crippen LogP contribution in [0.25, 0.3) is 0 Å². The highest BCUT2D eigenvalue weighted by Gasteiger charge is 2.19. The van der Waals surface area contributed by atoms with Crippen molar-refractivity contribution >= 4 is 23.7 Å². The van der Waals surface area contributed by atoms with Gasteiger partial charge < -0.3 is 21.7 Å². The SMILES string of the molecule is NC(=O)NCCNC(=O)C1CSCCN1. The standard InChI is InChI=1S/C8H16N4O2S/c9-8(14)12-2-1-11-7(13)6-5-15-4-3-10-6/h6,10H,1-5H2,(H,11,13)(H3,9,12,14). The third-order valence-electron chi connectivity index (χ3n) is 1.96. The summed E-state index contributed by atoms with van der Waals surface area (Å²) < 4.78 is 0. The Morgan fingerprint density at radius 1 is 1.40 bits per heavy atom. The van der Waals surface area contributed by atoms with Gasteiger partial charge in [0.15, 0.2) is 0 Å². The first-order valence-electron chi connectivity index (χ1n) is 4.82. The summed E-state index contributed by atoms with van der Waals surface area (Å²) in [5.41, 5.74) is 4.87. The number of nitrogens with one attached hydrogen (secondary N) is 3. The second-order valence-electron chi connectivity index (χ2n) is 3.16.